The Morgan fingerprint density at radius 3 is 2.63 bits per heavy atom. The number of hydrogen-bond donors (Lipinski definition) is 1. The average Bonchev–Trinajstić information content (AvgIpc) is 3.07. The fraction of sp³-hybridized carbons (Fsp3) is 0.0769. The lowest BCUT2D eigenvalue weighted by atomic mass is 10.1. The molecule has 0 amide bonds. The quantitative estimate of drug-likeness (QED) is 0.794. The van der Waals surface area contributed by atoms with E-state index >= 15 is 0 Å². The third kappa shape index (κ3) is 2.47. The van der Waals surface area contributed by atoms with Crippen molar-refractivity contribution in [3.8, 4) is 10.6 Å². The maximum Gasteiger partial charge on any atom is 0.179 e. The van der Waals surface area contributed by atoms with Crippen LogP contribution in [0.1, 0.15) is 16.6 Å². The van der Waals surface area contributed by atoms with Crippen LogP contribution in [0.5, 0.6) is 0 Å². The summed E-state index contributed by atoms with van der Waals surface area (Å²) in [6.07, 6.45) is 1.61. The highest BCUT2D eigenvalue weighted by Crippen LogP contribution is 2.33. The monoisotopic (exact) mass is 335 g/mol. The number of aromatic nitrogens is 2. The smallest absolute Gasteiger partial charge is 0.179 e. The third-order valence-corrected chi connectivity index (χ3v) is 4.37. The number of rotatable bonds is 3. The first kappa shape index (κ1) is 12.5. The van der Waals surface area contributed by atoms with Gasteiger partial charge in [-0.1, -0.05) is 41.7 Å². The molecule has 1 unspecified atom stereocenters. The molecule has 0 fully saturated rings. The van der Waals surface area contributed by atoms with Gasteiger partial charge in [0.15, 0.2) is 9.68 Å². The number of benzene rings is 1. The molecular weight excluding hydrogens is 326 g/mol. The predicted octanol–water partition coefficient (Wildman–Crippen LogP) is 3.61. The second-order valence-electron chi connectivity index (χ2n) is 3.94. The minimum atomic E-state index is -0.252. The van der Waals surface area contributed by atoms with Crippen molar-refractivity contribution >= 4 is 27.3 Å². The van der Waals surface area contributed by atoms with Gasteiger partial charge in [0.25, 0.3) is 0 Å². The van der Waals surface area contributed by atoms with Gasteiger partial charge in [0.2, 0.25) is 0 Å². The molecule has 1 atom stereocenters. The lowest BCUT2D eigenvalue weighted by Crippen LogP contribution is -2.11. The molecule has 6 heteroatoms. The molecule has 0 radical (unpaired) electrons. The zero-order chi connectivity index (χ0) is 13.2. The second-order valence-corrected chi connectivity index (χ2v) is 5.67. The summed E-state index contributed by atoms with van der Waals surface area (Å²) >= 11 is 4.81. The van der Waals surface area contributed by atoms with Gasteiger partial charge >= 0.3 is 0 Å². The van der Waals surface area contributed by atoms with Crippen LogP contribution < -0.4 is 5.73 Å². The summed E-state index contributed by atoms with van der Waals surface area (Å²) in [7, 11) is 0. The van der Waals surface area contributed by atoms with Gasteiger partial charge in [-0.2, -0.15) is 0 Å². The Bertz CT molecular complexity index is 680. The summed E-state index contributed by atoms with van der Waals surface area (Å²) < 4.78 is 5.85. The largest absolute Gasteiger partial charge is 0.457 e. The van der Waals surface area contributed by atoms with Gasteiger partial charge in [0.05, 0.1) is 17.9 Å². The molecule has 0 aliphatic heterocycles. The van der Waals surface area contributed by atoms with Crippen molar-refractivity contribution in [3.63, 3.8) is 0 Å². The fourth-order valence-corrected chi connectivity index (χ4v) is 3.17. The summed E-state index contributed by atoms with van der Waals surface area (Å²) in [5, 5.41) is 9.92. The molecule has 2 heterocycles. The van der Waals surface area contributed by atoms with Crippen molar-refractivity contribution in [2.45, 2.75) is 6.04 Å². The molecule has 0 saturated carbocycles. The SMILES string of the molecule is NC(c1ccccc1)c1nnc(-c2ccoc2Br)s1. The molecule has 0 aliphatic rings. The molecular formula is C13H10BrN3OS. The third-order valence-electron chi connectivity index (χ3n) is 2.71. The lowest BCUT2D eigenvalue weighted by Gasteiger charge is -2.06. The van der Waals surface area contributed by atoms with Crippen LogP contribution in [0.15, 0.2) is 51.7 Å². The standard InChI is InChI=1S/C13H10BrN3OS/c14-11-9(6-7-18-11)12-16-17-13(19-12)10(15)8-4-2-1-3-5-8/h1-7,10H,15H2. The lowest BCUT2D eigenvalue weighted by molar-refractivity contribution is 0.542. The first-order chi connectivity index (χ1) is 9.25. The number of furan rings is 1. The maximum atomic E-state index is 6.19. The molecule has 1 aromatic carbocycles. The van der Waals surface area contributed by atoms with Crippen LogP contribution in [0.4, 0.5) is 0 Å². The van der Waals surface area contributed by atoms with Gasteiger partial charge < -0.3 is 10.2 Å². The van der Waals surface area contributed by atoms with Gasteiger partial charge in [-0.15, -0.1) is 10.2 Å². The molecule has 4 nitrogen and oxygen atoms in total. The van der Waals surface area contributed by atoms with E-state index in [1.54, 1.807) is 6.26 Å². The van der Waals surface area contributed by atoms with Crippen LogP contribution >= 0.6 is 27.3 Å². The number of nitrogens with zero attached hydrogens (tertiary/aromatic N) is 2. The Morgan fingerprint density at radius 2 is 1.95 bits per heavy atom. The molecule has 96 valence electrons. The first-order valence-corrected chi connectivity index (χ1v) is 7.24. The van der Waals surface area contributed by atoms with Crippen LogP contribution in [0, 0.1) is 0 Å². The van der Waals surface area contributed by atoms with Crippen LogP contribution in [0.3, 0.4) is 0 Å². The minimum absolute atomic E-state index is 0.252. The van der Waals surface area contributed by atoms with Gasteiger partial charge in [0.1, 0.15) is 5.01 Å². The van der Waals surface area contributed by atoms with E-state index in [-0.39, 0.29) is 6.04 Å². The molecule has 0 aliphatic carbocycles. The Morgan fingerprint density at radius 1 is 1.16 bits per heavy atom. The van der Waals surface area contributed by atoms with Crippen molar-refractivity contribution in [2.75, 3.05) is 0 Å². The average molecular weight is 336 g/mol. The van der Waals surface area contributed by atoms with Crippen molar-refractivity contribution in [1.82, 2.24) is 10.2 Å². The highest BCUT2D eigenvalue weighted by atomic mass is 79.9. The molecule has 2 N–H and O–H groups in total. The zero-order valence-corrected chi connectivity index (χ0v) is 12.2. The number of nitrogens with two attached hydrogens (primary N) is 1. The van der Waals surface area contributed by atoms with Gasteiger partial charge in [-0.3, -0.25) is 0 Å². The van der Waals surface area contributed by atoms with Crippen molar-refractivity contribution in [3.05, 3.63) is 57.9 Å². The molecule has 0 saturated heterocycles. The van der Waals surface area contributed by atoms with E-state index in [1.165, 1.54) is 11.3 Å². The molecule has 3 aromatic rings. The highest BCUT2D eigenvalue weighted by Gasteiger charge is 2.17. The van der Waals surface area contributed by atoms with E-state index in [4.69, 9.17) is 10.2 Å². The van der Waals surface area contributed by atoms with E-state index in [0.717, 1.165) is 21.1 Å². The van der Waals surface area contributed by atoms with E-state index in [2.05, 4.69) is 26.1 Å². The van der Waals surface area contributed by atoms with Crippen molar-refractivity contribution < 1.29 is 4.42 Å². The number of halogens is 1. The summed E-state index contributed by atoms with van der Waals surface area (Å²) in [6, 6.07) is 11.5. The van der Waals surface area contributed by atoms with Crippen LogP contribution in [0.25, 0.3) is 10.6 Å². The van der Waals surface area contributed by atoms with Crippen LogP contribution in [0.2, 0.25) is 0 Å². The van der Waals surface area contributed by atoms with E-state index in [0.29, 0.717) is 4.67 Å². The summed E-state index contributed by atoms with van der Waals surface area (Å²) in [5.41, 5.74) is 8.11. The van der Waals surface area contributed by atoms with E-state index in [9.17, 15) is 0 Å². The summed E-state index contributed by atoms with van der Waals surface area (Å²) in [6.45, 7) is 0. The van der Waals surface area contributed by atoms with E-state index in [1.807, 2.05) is 36.4 Å². The molecule has 0 bridgehead atoms. The van der Waals surface area contributed by atoms with Gasteiger partial charge in [0, 0.05) is 0 Å². The fourth-order valence-electron chi connectivity index (χ4n) is 1.72. The van der Waals surface area contributed by atoms with Gasteiger partial charge in [-0.05, 0) is 27.6 Å². The molecule has 3 rings (SSSR count). The topological polar surface area (TPSA) is 64.9 Å². The first-order valence-electron chi connectivity index (χ1n) is 5.63. The Labute approximate surface area is 122 Å². The summed E-state index contributed by atoms with van der Waals surface area (Å²) in [4.78, 5) is 0. The zero-order valence-electron chi connectivity index (χ0n) is 9.79. The Hall–Kier alpha value is -1.50. The second kappa shape index (κ2) is 5.24. The minimum Gasteiger partial charge on any atom is -0.457 e. The van der Waals surface area contributed by atoms with Crippen molar-refractivity contribution in [1.29, 1.82) is 0 Å². The normalized spacial score (nSPS) is 12.5. The predicted molar refractivity (Wildman–Crippen MR) is 77.8 cm³/mol. The molecule has 0 spiro atoms. The maximum absolute atomic E-state index is 6.19. The summed E-state index contributed by atoms with van der Waals surface area (Å²) in [5.74, 6) is 0. The van der Waals surface area contributed by atoms with Crippen LogP contribution in [-0.2, 0) is 0 Å². The highest BCUT2D eigenvalue weighted by molar-refractivity contribution is 9.10. The number of hydrogen-bond acceptors (Lipinski definition) is 5. The Kier molecular flexibility index (Phi) is 3.46. The Balaban J connectivity index is 1.92. The molecule has 2 aromatic heterocycles. The van der Waals surface area contributed by atoms with Gasteiger partial charge in [-0.25, -0.2) is 0 Å². The van der Waals surface area contributed by atoms with Crippen molar-refractivity contribution in [2.24, 2.45) is 5.73 Å². The van der Waals surface area contributed by atoms with Crippen LogP contribution in [-0.4, -0.2) is 10.2 Å². The van der Waals surface area contributed by atoms with E-state index < -0.39 is 0 Å². The molecule has 19 heavy (non-hydrogen) atoms.